The fourth-order valence-corrected chi connectivity index (χ4v) is 0.650. The van der Waals surface area contributed by atoms with Gasteiger partial charge >= 0.3 is 5.97 Å². The fourth-order valence-electron chi connectivity index (χ4n) is 0.650. The molecule has 0 heterocycles. The fraction of sp³-hybridized carbons (Fsp3) is 0.714. The summed E-state index contributed by atoms with van der Waals surface area (Å²) in [4.78, 5) is 21.4. The number of aliphatic hydroxyl groups is 1. The Morgan fingerprint density at radius 1 is 1.54 bits per heavy atom. The van der Waals surface area contributed by atoms with Crippen LogP contribution in [0.2, 0.25) is 0 Å². The predicted octanol–water partition coefficient (Wildman–Crippen LogP) is -1.71. The van der Waals surface area contributed by atoms with Crippen LogP contribution in [0.5, 0.6) is 0 Å². The molecule has 0 aliphatic carbocycles. The molecule has 0 unspecified atom stereocenters. The molecule has 0 saturated heterocycles. The Morgan fingerprint density at radius 3 is 2.38 bits per heavy atom. The molecular formula is C7H14N2O4. The first-order chi connectivity index (χ1) is 6.02. The zero-order chi connectivity index (χ0) is 10.4. The summed E-state index contributed by atoms with van der Waals surface area (Å²) in [6.07, 6.45) is 0.420. The summed E-state index contributed by atoms with van der Waals surface area (Å²) in [6, 6.07) is -2.00. The third kappa shape index (κ3) is 3.86. The first-order valence-electron chi connectivity index (χ1n) is 3.92. The Balaban J connectivity index is 4.09. The number of carbonyl (C=O) groups excluding carboxylic acids is 1. The Labute approximate surface area is 75.7 Å². The highest BCUT2D eigenvalue weighted by Crippen LogP contribution is 1.89. The second kappa shape index (κ2) is 5.50. The van der Waals surface area contributed by atoms with Gasteiger partial charge in [0.1, 0.15) is 6.04 Å². The summed E-state index contributed by atoms with van der Waals surface area (Å²) in [7, 11) is 0. The molecule has 0 spiro atoms. The maximum Gasteiger partial charge on any atom is 0.328 e. The van der Waals surface area contributed by atoms with Gasteiger partial charge < -0.3 is 21.3 Å². The Morgan fingerprint density at radius 2 is 2.08 bits per heavy atom. The van der Waals surface area contributed by atoms with Crippen molar-refractivity contribution in [3.63, 3.8) is 0 Å². The Bertz CT molecular complexity index is 195. The molecule has 0 bridgehead atoms. The number of carbonyl (C=O) groups is 2. The highest BCUT2D eigenvalue weighted by atomic mass is 16.4. The van der Waals surface area contributed by atoms with Crippen LogP contribution < -0.4 is 11.1 Å². The Hall–Kier alpha value is -1.14. The lowest BCUT2D eigenvalue weighted by Gasteiger charge is -2.14. The molecule has 0 aromatic heterocycles. The smallest absolute Gasteiger partial charge is 0.328 e. The van der Waals surface area contributed by atoms with E-state index in [1.165, 1.54) is 0 Å². The van der Waals surface area contributed by atoms with Crippen molar-refractivity contribution in [1.29, 1.82) is 0 Å². The van der Waals surface area contributed by atoms with E-state index in [0.717, 1.165) is 0 Å². The normalized spacial score (nSPS) is 14.7. The SMILES string of the molecule is CC[C@@H](N)C(=O)N[C@@H](CO)C(=O)O. The van der Waals surface area contributed by atoms with Crippen molar-refractivity contribution in [2.75, 3.05) is 6.61 Å². The molecule has 0 radical (unpaired) electrons. The molecule has 0 fully saturated rings. The van der Waals surface area contributed by atoms with Crippen LogP contribution in [0.3, 0.4) is 0 Å². The van der Waals surface area contributed by atoms with E-state index in [4.69, 9.17) is 15.9 Å². The molecule has 1 amide bonds. The lowest BCUT2D eigenvalue weighted by atomic mass is 10.2. The summed E-state index contributed by atoms with van der Waals surface area (Å²) in [5.41, 5.74) is 5.33. The zero-order valence-corrected chi connectivity index (χ0v) is 7.36. The molecule has 5 N–H and O–H groups in total. The second-order valence-electron chi connectivity index (χ2n) is 2.60. The van der Waals surface area contributed by atoms with Gasteiger partial charge in [-0.3, -0.25) is 4.79 Å². The van der Waals surface area contributed by atoms with Gasteiger partial charge in [-0.15, -0.1) is 0 Å². The largest absolute Gasteiger partial charge is 0.480 e. The van der Waals surface area contributed by atoms with Crippen molar-refractivity contribution >= 4 is 11.9 Å². The van der Waals surface area contributed by atoms with Crippen molar-refractivity contribution in [2.24, 2.45) is 5.73 Å². The minimum Gasteiger partial charge on any atom is -0.480 e. The van der Waals surface area contributed by atoms with E-state index in [-0.39, 0.29) is 0 Å². The molecule has 0 aromatic carbocycles. The first kappa shape index (κ1) is 11.9. The molecule has 0 rings (SSSR count). The van der Waals surface area contributed by atoms with E-state index < -0.39 is 30.6 Å². The minimum absolute atomic E-state index is 0.420. The van der Waals surface area contributed by atoms with E-state index in [1.54, 1.807) is 6.92 Å². The third-order valence-corrected chi connectivity index (χ3v) is 1.57. The average molecular weight is 190 g/mol. The van der Waals surface area contributed by atoms with Gasteiger partial charge in [-0.2, -0.15) is 0 Å². The lowest BCUT2D eigenvalue weighted by molar-refractivity contribution is -0.143. The van der Waals surface area contributed by atoms with E-state index >= 15 is 0 Å². The van der Waals surface area contributed by atoms with Crippen molar-refractivity contribution in [3.8, 4) is 0 Å². The van der Waals surface area contributed by atoms with Gasteiger partial charge in [-0.25, -0.2) is 4.79 Å². The van der Waals surface area contributed by atoms with Crippen molar-refractivity contribution < 1.29 is 19.8 Å². The van der Waals surface area contributed by atoms with Gasteiger partial charge in [0.05, 0.1) is 12.6 Å². The number of nitrogens with one attached hydrogen (secondary N) is 1. The number of hydrogen-bond acceptors (Lipinski definition) is 4. The van der Waals surface area contributed by atoms with Crippen LogP contribution in [-0.2, 0) is 9.59 Å². The maximum absolute atomic E-state index is 11.0. The highest BCUT2D eigenvalue weighted by Gasteiger charge is 2.21. The van der Waals surface area contributed by atoms with E-state index in [0.29, 0.717) is 6.42 Å². The number of amides is 1. The average Bonchev–Trinajstić information content (AvgIpc) is 2.11. The minimum atomic E-state index is -1.28. The number of carboxylic acids is 1. The standard InChI is InChI=1S/C7H14N2O4/c1-2-4(8)6(11)9-5(3-10)7(12)13/h4-5,10H,2-3,8H2,1H3,(H,9,11)(H,12,13)/t4-,5+/m1/s1. The molecule has 0 aliphatic heterocycles. The highest BCUT2D eigenvalue weighted by molar-refractivity contribution is 5.86. The number of rotatable bonds is 5. The number of nitrogens with two attached hydrogens (primary N) is 1. The third-order valence-electron chi connectivity index (χ3n) is 1.57. The van der Waals surface area contributed by atoms with Crippen LogP contribution in [0, 0.1) is 0 Å². The van der Waals surface area contributed by atoms with Gasteiger partial charge in [0, 0.05) is 0 Å². The summed E-state index contributed by atoms with van der Waals surface area (Å²) in [5.74, 6) is -1.84. The second-order valence-corrected chi connectivity index (χ2v) is 2.60. The van der Waals surface area contributed by atoms with Gasteiger partial charge in [-0.1, -0.05) is 6.92 Å². The molecule has 13 heavy (non-hydrogen) atoms. The van der Waals surface area contributed by atoms with Crippen molar-refractivity contribution in [2.45, 2.75) is 25.4 Å². The van der Waals surface area contributed by atoms with Gasteiger partial charge in [0.15, 0.2) is 0 Å². The maximum atomic E-state index is 11.0. The summed E-state index contributed by atoms with van der Waals surface area (Å²) >= 11 is 0. The number of aliphatic hydroxyl groups excluding tert-OH is 1. The predicted molar refractivity (Wildman–Crippen MR) is 44.9 cm³/mol. The molecular weight excluding hydrogens is 176 g/mol. The van der Waals surface area contributed by atoms with E-state index in [1.807, 2.05) is 0 Å². The molecule has 0 saturated carbocycles. The van der Waals surface area contributed by atoms with Gasteiger partial charge in [0.25, 0.3) is 0 Å². The van der Waals surface area contributed by atoms with E-state index in [9.17, 15) is 9.59 Å². The molecule has 0 aliphatic rings. The molecule has 0 aromatic rings. The van der Waals surface area contributed by atoms with Crippen LogP contribution in [0.15, 0.2) is 0 Å². The number of aliphatic carboxylic acids is 1. The van der Waals surface area contributed by atoms with Crippen molar-refractivity contribution in [3.05, 3.63) is 0 Å². The van der Waals surface area contributed by atoms with Crippen molar-refractivity contribution in [1.82, 2.24) is 5.32 Å². The van der Waals surface area contributed by atoms with Crippen LogP contribution in [-0.4, -0.2) is 40.8 Å². The molecule has 76 valence electrons. The van der Waals surface area contributed by atoms with Crippen LogP contribution in [0.4, 0.5) is 0 Å². The number of carboxylic acid groups (broad SMARTS) is 1. The summed E-state index contributed by atoms with van der Waals surface area (Å²) < 4.78 is 0. The van der Waals surface area contributed by atoms with Gasteiger partial charge in [0.2, 0.25) is 5.91 Å². The zero-order valence-electron chi connectivity index (χ0n) is 7.36. The van der Waals surface area contributed by atoms with Crippen LogP contribution in [0.1, 0.15) is 13.3 Å². The monoisotopic (exact) mass is 190 g/mol. The first-order valence-corrected chi connectivity index (χ1v) is 3.92. The van der Waals surface area contributed by atoms with Crippen LogP contribution >= 0.6 is 0 Å². The topological polar surface area (TPSA) is 113 Å². The summed E-state index contributed by atoms with van der Waals surface area (Å²) in [5, 5.41) is 19.1. The number of hydrogen-bond donors (Lipinski definition) is 4. The molecule has 6 nitrogen and oxygen atoms in total. The lowest BCUT2D eigenvalue weighted by Crippen LogP contribution is -2.49. The molecule has 6 heteroatoms. The Kier molecular flexibility index (Phi) is 5.01. The summed E-state index contributed by atoms with van der Waals surface area (Å²) in [6.45, 7) is 1.07. The molecule has 2 atom stereocenters. The van der Waals surface area contributed by atoms with Crippen LogP contribution in [0.25, 0.3) is 0 Å². The van der Waals surface area contributed by atoms with E-state index in [2.05, 4.69) is 5.32 Å². The van der Waals surface area contributed by atoms with Gasteiger partial charge in [-0.05, 0) is 6.42 Å². The quantitative estimate of drug-likeness (QED) is 0.412.